The Bertz CT molecular complexity index is 701. The van der Waals surface area contributed by atoms with Crippen LogP contribution in [-0.4, -0.2) is 24.5 Å². The number of hydrogen-bond acceptors (Lipinski definition) is 2. The predicted molar refractivity (Wildman–Crippen MR) is 94.5 cm³/mol. The minimum absolute atomic E-state index is 0.00227. The number of rotatable bonds is 4. The Hall–Kier alpha value is -1.81. The molecule has 0 heterocycles. The van der Waals surface area contributed by atoms with Crippen LogP contribution in [0.25, 0.3) is 0 Å². The summed E-state index contributed by atoms with van der Waals surface area (Å²) in [5.74, 6) is 0.695. The molecular weight excluding hydrogens is 354 g/mol. The van der Waals surface area contributed by atoms with Crippen molar-refractivity contribution in [2.45, 2.75) is 25.3 Å². The van der Waals surface area contributed by atoms with Crippen LogP contribution in [0.2, 0.25) is 0 Å². The molecule has 0 aliphatic heterocycles. The van der Waals surface area contributed by atoms with E-state index in [9.17, 15) is 4.79 Å². The van der Waals surface area contributed by atoms with E-state index >= 15 is 0 Å². The molecule has 1 atom stereocenters. The van der Waals surface area contributed by atoms with Crippen LogP contribution in [0.1, 0.15) is 30.0 Å². The van der Waals surface area contributed by atoms with Gasteiger partial charge in [-0.05, 0) is 58.5 Å². The molecule has 0 spiro atoms. The number of nitrogens with zero attached hydrogens (tertiary/aromatic N) is 1. The van der Waals surface area contributed by atoms with Crippen LogP contribution in [0.3, 0.4) is 0 Å². The molecule has 1 aliphatic carbocycles. The first-order valence-corrected chi connectivity index (χ1v) is 8.67. The number of aryl methyl sites for hydroxylation is 1. The van der Waals surface area contributed by atoms with Crippen molar-refractivity contribution in [2.75, 3.05) is 13.7 Å². The van der Waals surface area contributed by atoms with Gasteiger partial charge in [-0.3, -0.25) is 4.79 Å². The fourth-order valence-electron chi connectivity index (χ4n) is 3.11. The van der Waals surface area contributed by atoms with Crippen molar-refractivity contribution in [2.24, 2.45) is 0 Å². The fraction of sp³-hybridized carbons (Fsp3) is 0.316. The van der Waals surface area contributed by atoms with Crippen molar-refractivity contribution in [3.63, 3.8) is 0 Å². The number of halogens is 1. The van der Waals surface area contributed by atoms with Crippen molar-refractivity contribution in [3.8, 4) is 5.75 Å². The molecule has 0 N–H and O–H groups in total. The third-order valence-electron chi connectivity index (χ3n) is 4.39. The monoisotopic (exact) mass is 373 g/mol. The molecule has 120 valence electrons. The van der Waals surface area contributed by atoms with Gasteiger partial charge in [0.15, 0.2) is 6.61 Å². The lowest BCUT2D eigenvalue weighted by Crippen LogP contribution is -2.36. The maximum Gasteiger partial charge on any atom is 0.260 e. The van der Waals surface area contributed by atoms with Gasteiger partial charge in [-0.1, -0.05) is 36.4 Å². The lowest BCUT2D eigenvalue weighted by Gasteiger charge is -2.33. The van der Waals surface area contributed by atoms with E-state index < -0.39 is 0 Å². The molecule has 1 amide bonds. The van der Waals surface area contributed by atoms with Crippen LogP contribution in [0, 0.1) is 0 Å². The standard InChI is InChI=1S/C19H20BrNO2/c1-21(17-11-6-8-14-7-2-3-9-15(14)17)19(22)13-23-18-12-5-4-10-16(18)20/h2-5,7,9-10,12,17H,6,8,11,13H2,1H3/t17-/m0/s1. The molecule has 1 aliphatic rings. The number of carbonyl (C=O) groups excluding carboxylic acids is 1. The van der Waals surface area contributed by atoms with Crippen LogP contribution in [0.15, 0.2) is 53.0 Å². The Labute approximate surface area is 145 Å². The van der Waals surface area contributed by atoms with Crippen molar-refractivity contribution in [3.05, 3.63) is 64.1 Å². The smallest absolute Gasteiger partial charge is 0.260 e. The highest BCUT2D eigenvalue weighted by Crippen LogP contribution is 2.33. The van der Waals surface area contributed by atoms with Gasteiger partial charge in [-0.25, -0.2) is 0 Å². The average Bonchev–Trinajstić information content (AvgIpc) is 2.59. The number of carbonyl (C=O) groups is 1. The molecule has 3 nitrogen and oxygen atoms in total. The zero-order valence-electron chi connectivity index (χ0n) is 13.2. The molecule has 0 bridgehead atoms. The molecule has 0 radical (unpaired) electrons. The first kappa shape index (κ1) is 16.1. The van der Waals surface area contributed by atoms with E-state index in [1.807, 2.05) is 42.3 Å². The average molecular weight is 374 g/mol. The Kier molecular flexibility index (Phi) is 5.01. The molecule has 23 heavy (non-hydrogen) atoms. The summed E-state index contributed by atoms with van der Waals surface area (Å²) in [6, 6.07) is 16.1. The van der Waals surface area contributed by atoms with E-state index in [0.29, 0.717) is 5.75 Å². The van der Waals surface area contributed by atoms with E-state index in [4.69, 9.17) is 4.74 Å². The zero-order valence-corrected chi connectivity index (χ0v) is 14.8. The Morgan fingerprint density at radius 3 is 2.78 bits per heavy atom. The highest BCUT2D eigenvalue weighted by atomic mass is 79.9. The molecule has 0 saturated carbocycles. The molecule has 0 unspecified atom stereocenters. The second-order valence-corrected chi connectivity index (χ2v) is 6.68. The van der Waals surface area contributed by atoms with E-state index in [1.54, 1.807) is 0 Å². The van der Waals surface area contributed by atoms with Crippen molar-refractivity contribution in [1.29, 1.82) is 0 Å². The van der Waals surface area contributed by atoms with Crippen molar-refractivity contribution < 1.29 is 9.53 Å². The molecule has 4 heteroatoms. The number of para-hydroxylation sites is 1. The number of hydrogen-bond donors (Lipinski definition) is 0. The molecule has 2 aromatic carbocycles. The van der Waals surface area contributed by atoms with Crippen LogP contribution in [0.5, 0.6) is 5.75 Å². The second-order valence-electron chi connectivity index (χ2n) is 5.83. The van der Waals surface area contributed by atoms with Gasteiger partial charge in [0, 0.05) is 7.05 Å². The van der Waals surface area contributed by atoms with Gasteiger partial charge in [0.2, 0.25) is 0 Å². The van der Waals surface area contributed by atoms with Gasteiger partial charge in [0.1, 0.15) is 5.75 Å². The van der Waals surface area contributed by atoms with Gasteiger partial charge >= 0.3 is 0 Å². The van der Waals surface area contributed by atoms with Gasteiger partial charge in [0.25, 0.3) is 5.91 Å². The summed E-state index contributed by atoms with van der Waals surface area (Å²) in [6.45, 7) is 0.0534. The lowest BCUT2D eigenvalue weighted by atomic mass is 9.87. The first-order valence-electron chi connectivity index (χ1n) is 7.87. The Morgan fingerprint density at radius 1 is 1.22 bits per heavy atom. The van der Waals surface area contributed by atoms with Gasteiger partial charge in [-0.2, -0.15) is 0 Å². The second kappa shape index (κ2) is 7.18. The lowest BCUT2D eigenvalue weighted by molar-refractivity contribution is -0.134. The number of likely N-dealkylation sites (N-methyl/N-ethyl adjacent to an activating group) is 1. The van der Waals surface area contributed by atoms with Gasteiger partial charge in [0.05, 0.1) is 10.5 Å². The number of ether oxygens (including phenoxy) is 1. The molecule has 3 rings (SSSR count). The number of fused-ring (bicyclic) bond motifs is 1. The summed E-state index contributed by atoms with van der Waals surface area (Å²) in [6.07, 6.45) is 3.22. The summed E-state index contributed by atoms with van der Waals surface area (Å²) >= 11 is 3.43. The van der Waals surface area contributed by atoms with Crippen LogP contribution in [0.4, 0.5) is 0 Å². The number of benzene rings is 2. The van der Waals surface area contributed by atoms with Crippen LogP contribution >= 0.6 is 15.9 Å². The third-order valence-corrected chi connectivity index (χ3v) is 5.04. The summed E-state index contributed by atoms with van der Waals surface area (Å²) in [4.78, 5) is 14.4. The fourth-order valence-corrected chi connectivity index (χ4v) is 3.51. The molecular formula is C19H20BrNO2. The highest BCUT2D eigenvalue weighted by Gasteiger charge is 2.26. The van der Waals surface area contributed by atoms with Gasteiger partial charge in [-0.15, -0.1) is 0 Å². The summed E-state index contributed by atoms with van der Waals surface area (Å²) in [5, 5.41) is 0. The molecule has 2 aromatic rings. The largest absolute Gasteiger partial charge is 0.483 e. The van der Waals surface area contributed by atoms with Crippen molar-refractivity contribution in [1.82, 2.24) is 4.90 Å². The SMILES string of the molecule is CN(C(=O)COc1ccccc1Br)[C@H]1CCCc2ccccc21. The Balaban J connectivity index is 1.68. The highest BCUT2D eigenvalue weighted by molar-refractivity contribution is 9.10. The van der Waals surface area contributed by atoms with Crippen LogP contribution in [-0.2, 0) is 11.2 Å². The summed E-state index contributed by atoms with van der Waals surface area (Å²) < 4.78 is 6.52. The quantitative estimate of drug-likeness (QED) is 0.796. The maximum atomic E-state index is 12.5. The first-order chi connectivity index (χ1) is 11.2. The van der Waals surface area contributed by atoms with E-state index in [1.165, 1.54) is 11.1 Å². The minimum atomic E-state index is 0.00227. The van der Waals surface area contributed by atoms with Crippen LogP contribution < -0.4 is 4.74 Å². The van der Waals surface area contributed by atoms with E-state index in [-0.39, 0.29) is 18.6 Å². The zero-order chi connectivity index (χ0) is 16.2. The maximum absolute atomic E-state index is 12.5. The summed E-state index contributed by atoms with van der Waals surface area (Å²) in [5.41, 5.74) is 2.63. The molecule has 0 aromatic heterocycles. The van der Waals surface area contributed by atoms with Crippen molar-refractivity contribution >= 4 is 21.8 Å². The number of amides is 1. The molecule has 0 fully saturated rings. The topological polar surface area (TPSA) is 29.5 Å². The minimum Gasteiger partial charge on any atom is -0.483 e. The Morgan fingerprint density at radius 2 is 1.96 bits per heavy atom. The predicted octanol–water partition coefficient (Wildman–Crippen LogP) is 4.36. The van der Waals surface area contributed by atoms with Gasteiger partial charge < -0.3 is 9.64 Å². The van der Waals surface area contributed by atoms with E-state index in [2.05, 4.69) is 34.1 Å². The van der Waals surface area contributed by atoms with E-state index in [0.717, 1.165) is 23.7 Å². The summed E-state index contributed by atoms with van der Waals surface area (Å²) in [7, 11) is 1.87. The molecule has 0 saturated heterocycles. The normalized spacial score (nSPS) is 16.5. The third kappa shape index (κ3) is 3.58.